The Morgan fingerprint density at radius 3 is 2.65 bits per heavy atom. The molecule has 0 heterocycles. The molecule has 0 fully saturated rings. The van der Waals surface area contributed by atoms with E-state index in [0.29, 0.717) is 16.0 Å². The van der Waals surface area contributed by atoms with Gasteiger partial charge >= 0.3 is 0 Å². The third-order valence-corrected chi connectivity index (χ3v) is 3.07. The van der Waals surface area contributed by atoms with E-state index < -0.39 is 5.82 Å². The second-order valence-corrected chi connectivity index (χ2v) is 5.48. The van der Waals surface area contributed by atoms with E-state index in [0.717, 1.165) is 6.42 Å². The van der Waals surface area contributed by atoms with Crippen molar-refractivity contribution < 1.29 is 9.18 Å². The van der Waals surface area contributed by atoms with E-state index in [2.05, 4.69) is 35.1 Å². The normalized spacial score (nSPS) is 12.6. The summed E-state index contributed by atoms with van der Waals surface area (Å²) in [5, 5.41) is 2.86. The van der Waals surface area contributed by atoms with Crippen molar-refractivity contribution in [1.29, 1.82) is 0 Å². The monoisotopic (exact) mass is 301 g/mol. The van der Waals surface area contributed by atoms with Crippen LogP contribution in [0.3, 0.4) is 0 Å². The minimum Gasteiger partial charge on any atom is -0.350 e. The zero-order valence-corrected chi connectivity index (χ0v) is 11.8. The Kier molecular flexibility index (Phi) is 5.12. The predicted octanol–water partition coefficient (Wildman–Crippen LogP) is 3.75. The number of amides is 1. The summed E-state index contributed by atoms with van der Waals surface area (Å²) in [6, 6.07) is 4.18. The Bertz CT molecular complexity index is 406. The van der Waals surface area contributed by atoms with Crippen molar-refractivity contribution in [2.75, 3.05) is 0 Å². The molecule has 0 saturated carbocycles. The quantitative estimate of drug-likeness (QED) is 0.901. The van der Waals surface area contributed by atoms with Crippen LogP contribution in [0.1, 0.15) is 37.6 Å². The molecule has 1 aromatic rings. The van der Waals surface area contributed by atoms with Gasteiger partial charge in [-0.15, -0.1) is 0 Å². The highest BCUT2D eigenvalue weighted by Gasteiger charge is 2.14. The van der Waals surface area contributed by atoms with Gasteiger partial charge in [-0.2, -0.15) is 0 Å². The molecule has 2 nitrogen and oxygen atoms in total. The van der Waals surface area contributed by atoms with Gasteiger partial charge in [0.25, 0.3) is 5.91 Å². The molecule has 1 aromatic carbocycles. The Morgan fingerprint density at radius 2 is 2.06 bits per heavy atom. The maximum Gasteiger partial charge on any atom is 0.252 e. The number of rotatable bonds is 4. The smallest absolute Gasteiger partial charge is 0.252 e. The molecule has 1 unspecified atom stereocenters. The van der Waals surface area contributed by atoms with Crippen molar-refractivity contribution in [3.8, 4) is 0 Å². The standard InChI is InChI=1S/C13H17BrFNO/c1-8(2)6-9(3)16-13(17)11-7-10(15)4-5-12(11)14/h4-5,7-9H,6H2,1-3H3,(H,16,17). The molecule has 1 N–H and O–H groups in total. The molecule has 0 spiro atoms. The second-order valence-electron chi connectivity index (χ2n) is 4.63. The number of carbonyl (C=O) groups is 1. The summed E-state index contributed by atoms with van der Waals surface area (Å²) in [6.07, 6.45) is 0.901. The zero-order valence-electron chi connectivity index (χ0n) is 10.3. The molecule has 17 heavy (non-hydrogen) atoms. The lowest BCUT2D eigenvalue weighted by atomic mass is 10.0. The zero-order chi connectivity index (χ0) is 13.0. The van der Waals surface area contributed by atoms with Crippen LogP contribution < -0.4 is 5.32 Å². The first-order chi connectivity index (χ1) is 7.90. The van der Waals surface area contributed by atoms with E-state index in [4.69, 9.17) is 0 Å². The van der Waals surface area contributed by atoms with Gasteiger partial charge in [0, 0.05) is 10.5 Å². The summed E-state index contributed by atoms with van der Waals surface area (Å²) in [7, 11) is 0. The highest BCUT2D eigenvalue weighted by molar-refractivity contribution is 9.10. The third kappa shape index (κ3) is 4.46. The van der Waals surface area contributed by atoms with Crippen molar-refractivity contribution in [2.45, 2.75) is 33.2 Å². The Hall–Kier alpha value is -0.900. The molecular formula is C13H17BrFNO. The molecule has 0 aliphatic rings. The molecular weight excluding hydrogens is 285 g/mol. The molecule has 1 amide bonds. The van der Waals surface area contributed by atoms with E-state index in [9.17, 15) is 9.18 Å². The fraction of sp³-hybridized carbons (Fsp3) is 0.462. The number of carbonyl (C=O) groups excluding carboxylic acids is 1. The van der Waals surface area contributed by atoms with Gasteiger partial charge in [0.15, 0.2) is 0 Å². The van der Waals surface area contributed by atoms with Gasteiger partial charge in [0.2, 0.25) is 0 Å². The van der Waals surface area contributed by atoms with Crippen molar-refractivity contribution in [2.24, 2.45) is 5.92 Å². The van der Waals surface area contributed by atoms with Crippen LogP contribution in [-0.2, 0) is 0 Å². The lowest BCUT2D eigenvalue weighted by Gasteiger charge is -2.16. The number of hydrogen-bond acceptors (Lipinski definition) is 1. The van der Waals surface area contributed by atoms with E-state index >= 15 is 0 Å². The molecule has 0 aliphatic heterocycles. The van der Waals surface area contributed by atoms with Crippen LogP contribution in [0.15, 0.2) is 22.7 Å². The summed E-state index contributed by atoms with van der Waals surface area (Å²) < 4.78 is 13.7. The Labute approximate surface area is 110 Å². The Balaban J connectivity index is 2.73. The van der Waals surface area contributed by atoms with Crippen LogP contribution in [0.4, 0.5) is 4.39 Å². The lowest BCUT2D eigenvalue weighted by molar-refractivity contribution is 0.0935. The summed E-state index contributed by atoms with van der Waals surface area (Å²) >= 11 is 3.24. The average molecular weight is 302 g/mol. The molecule has 0 bridgehead atoms. The van der Waals surface area contributed by atoms with Gasteiger partial charge < -0.3 is 5.32 Å². The minimum absolute atomic E-state index is 0.0812. The third-order valence-electron chi connectivity index (χ3n) is 2.38. The number of halogens is 2. The van der Waals surface area contributed by atoms with Crippen LogP contribution in [0.2, 0.25) is 0 Å². The summed E-state index contributed by atoms with van der Waals surface area (Å²) in [6.45, 7) is 6.15. The van der Waals surface area contributed by atoms with Crippen LogP contribution in [-0.4, -0.2) is 11.9 Å². The first kappa shape index (κ1) is 14.2. The highest BCUT2D eigenvalue weighted by Crippen LogP contribution is 2.18. The fourth-order valence-electron chi connectivity index (χ4n) is 1.74. The number of nitrogens with one attached hydrogen (secondary N) is 1. The summed E-state index contributed by atoms with van der Waals surface area (Å²) in [5.74, 6) is -0.138. The topological polar surface area (TPSA) is 29.1 Å². The molecule has 94 valence electrons. The molecule has 0 aliphatic carbocycles. The van der Waals surface area contributed by atoms with Crippen molar-refractivity contribution in [3.05, 3.63) is 34.1 Å². The molecule has 0 saturated heterocycles. The Morgan fingerprint density at radius 1 is 1.41 bits per heavy atom. The van der Waals surface area contributed by atoms with Gasteiger partial charge in [-0.25, -0.2) is 4.39 Å². The molecule has 1 rings (SSSR count). The lowest BCUT2D eigenvalue weighted by Crippen LogP contribution is -2.33. The second kappa shape index (κ2) is 6.15. The van der Waals surface area contributed by atoms with Crippen molar-refractivity contribution >= 4 is 21.8 Å². The fourth-order valence-corrected chi connectivity index (χ4v) is 2.17. The first-order valence-electron chi connectivity index (χ1n) is 5.66. The first-order valence-corrected chi connectivity index (χ1v) is 6.45. The van der Waals surface area contributed by atoms with E-state index in [1.54, 1.807) is 0 Å². The summed E-state index contributed by atoms with van der Waals surface area (Å²) in [4.78, 5) is 11.9. The maximum absolute atomic E-state index is 13.1. The highest BCUT2D eigenvalue weighted by atomic mass is 79.9. The van der Waals surface area contributed by atoms with Crippen molar-refractivity contribution in [1.82, 2.24) is 5.32 Å². The largest absolute Gasteiger partial charge is 0.350 e. The van der Waals surface area contributed by atoms with Gasteiger partial charge in [-0.3, -0.25) is 4.79 Å². The minimum atomic E-state index is -0.408. The van der Waals surface area contributed by atoms with E-state index in [1.165, 1.54) is 18.2 Å². The number of hydrogen-bond donors (Lipinski definition) is 1. The number of benzene rings is 1. The van der Waals surface area contributed by atoms with Crippen molar-refractivity contribution in [3.63, 3.8) is 0 Å². The predicted molar refractivity (Wildman–Crippen MR) is 70.5 cm³/mol. The average Bonchev–Trinajstić information content (AvgIpc) is 2.20. The molecule has 0 aromatic heterocycles. The van der Waals surface area contributed by atoms with Gasteiger partial charge in [-0.05, 0) is 53.4 Å². The van der Waals surface area contributed by atoms with E-state index in [1.807, 2.05) is 6.92 Å². The maximum atomic E-state index is 13.1. The molecule has 0 radical (unpaired) electrons. The van der Waals surface area contributed by atoms with Gasteiger partial charge in [0.05, 0.1) is 5.56 Å². The van der Waals surface area contributed by atoms with E-state index in [-0.39, 0.29) is 11.9 Å². The van der Waals surface area contributed by atoms with Gasteiger partial charge in [0.1, 0.15) is 5.82 Å². The molecule has 4 heteroatoms. The SMILES string of the molecule is CC(C)CC(C)NC(=O)c1cc(F)ccc1Br. The van der Waals surface area contributed by atoms with Crippen LogP contribution >= 0.6 is 15.9 Å². The molecule has 1 atom stereocenters. The van der Waals surface area contributed by atoms with Crippen LogP contribution in [0.25, 0.3) is 0 Å². The summed E-state index contributed by atoms with van der Waals surface area (Å²) in [5.41, 5.74) is 0.334. The van der Waals surface area contributed by atoms with Crippen LogP contribution in [0.5, 0.6) is 0 Å². The van der Waals surface area contributed by atoms with Crippen LogP contribution in [0, 0.1) is 11.7 Å². The van der Waals surface area contributed by atoms with Gasteiger partial charge in [-0.1, -0.05) is 13.8 Å².